The summed E-state index contributed by atoms with van der Waals surface area (Å²) in [7, 11) is 0. The van der Waals surface area contributed by atoms with E-state index in [1.165, 1.54) is 18.2 Å². The molecule has 0 aliphatic carbocycles. The van der Waals surface area contributed by atoms with E-state index in [4.69, 9.17) is 4.74 Å². The third-order valence-electron chi connectivity index (χ3n) is 3.82. The number of carbonyl (C=O) groups excluding carboxylic acids is 1. The Morgan fingerprint density at radius 1 is 1.23 bits per heavy atom. The van der Waals surface area contributed by atoms with Crippen LogP contribution >= 0.6 is 0 Å². The summed E-state index contributed by atoms with van der Waals surface area (Å²) in [5.41, 5.74) is 1.94. The van der Waals surface area contributed by atoms with E-state index < -0.39 is 4.92 Å². The number of nitrogens with one attached hydrogen (secondary N) is 1. The molecule has 0 aliphatic rings. The lowest BCUT2D eigenvalue weighted by Gasteiger charge is -2.08. The molecule has 0 aliphatic heterocycles. The Morgan fingerprint density at radius 3 is 2.92 bits per heavy atom. The molecule has 0 atom stereocenters. The number of aromatic nitrogens is 2. The van der Waals surface area contributed by atoms with Crippen LogP contribution in [0.4, 0.5) is 5.69 Å². The van der Waals surface area contributed by atoms with Crippen LogP contribution in [0, 0.1) is 10.1 Å². The van der Waals surface area contributed by atoms with Gasteiger partial charge in [-0.15, -0.1) is 0 Å². The lowest BCUT2D eigenvalue weighted by Crippen LogP contribution is -2.30. The molecule has 1 aromatic heterocycles. The fraction of sp³-hybridized carbons (Fsp3) is 0.222. The molecule has 134 valence electrons. The van der Waals surface area contributed by atoms with Gasteiger partial charge in [-0.05, 0) is 24.6 Å². The predicted molar refractivity (Wildman–Crippen MR) is 96.0 cm³/mol. The molecule has 0 radical (unpaired) electrons. The summed E-state index contributed by atoms with van der Waals surface area (Å²) in [6, 6.07) is 13.6. The van der Waals surface area contributed by atoms with Crippen LogP contribution in [0.25, 0.3) is 11.0 Å². The number of ether oxygens (including phenoxy) is 1. The first-order valence-corrected chi connectivity index (χ1v) is 8.17. The Balaban J connectivity index is 1.40. The van der Waals surface area contributed by atoms with Crippen molar-refractivity contribution in [1.82, 2.24) is 14.9 Å². The second-order valence-electron chi connectivity index (χ2n) is 5.67. The van der Waals surface area contributed by atoms with Crippen molar-refractivity contribution in [2.75, 3.05) is 13.2 Å². The minimum Gasteiger partial charge on any atom is -0.484 e. The van der Waals surface area contributed by atoms with Gasteiger partial charge in [0.05, 0.1) is 28.4 Å². The van der Waals surface area contributed by atoms with Crippen molar-refractivity contribution in [1.29, 1.82) is 0 Å². The van der Waals surface area contributed by atoms with Crippen molar-refractivity contribution in [2.45, 2.75) is 13.0 Å². The Kier molecular flexibility index (Phi) is 5.43. The summed E-state index contributed by atoms with van der Waals surface area (Å²) in [4.78, 5) is 26.3. The number of para-hydroxylation sites is 2. The molecule has 1 amide bonds. The highest BCUT2D eigenvalue weighted by Crippen LogP contribution is 2.18. The summed E-state index contributed by atoms with van der Waals surface area (Å²) in [5, 5.41) is 13.5. The molecular formula is C18H18N4O4. The normalized spacial score (nSPS) is 10.6. The Hall–Kier alpha value is -3.42. The number of hydrogen-bond donors (Lipinski definition) is 1. The van der Waals surface area contributed by atoms with E-state index in [1.54, 1.807) is 12.4 Å². The number of carbonyl (C=O) groups is 1. The highest BCUT2D eigenvalue weighted by Gasteiger charge is 2.08. The largest absolute Gasteiger partial charge is 0.484 e. The van der Waals surface area contributed by atoms with Gasteiger partial charge in [-0.3, -0.25) is 14.9 Å². The van der Waals surface area contributed by atoms with E-state index in [9.17, 15) is 14.9 Å². The molecule has 8 nitrogen and oxygen atoms in total. The van der Waals surface area contributed by atoms with Gasteiger partial charge in [-0.1, -0.05) is 18.2 Å². The summed E-state index contributed by atoms with van der Waals surface area (Å²) in [6.07, 6.45) is 2.54. The maximum Gasteiger partial charge on any atom is 0.273 e. The smallest absolute Gasteiger partial charge is 0.273 e. The number of fused-ring (bicyclic) bond motifs is 1. The Morgan fingerprint density at radius 2 is 2.08 bits per heavy atom. The lowest BCUT2D eigenvalue weighted by atomic mass is 10.3. The molecule has 1 heterocycles. The first kappa shape index (κ1) is 17.4. The maximum absolute atomic E-state index is 11.8. The minimum atomic E-state index is -0.507. The molecule has 0 fully saturated rings. The lowest BCUT2D eigenvalue weighted by molar-refractivity contribution is -0.384. The number of imidazole rings is 1. The standard InChI is InChI=1S/C18H18N4O4/c23-18(12-26-15-6-3-5-14(11-15)22(24)25)19-9-4-10-21-13-20-16-7-1-2-8-17(16)21/h1-3,5-8,11,13H,4,9-10,12H2,(H,19,23). The van der Waals surface area contributed by atoms with Crippen molar-refractivity contribution in [3.63, 3.8) is 0 Å². The first-order chi connectivity index (χ1) is 12.6. The van der Waals surface area contributed by atoms with Gasteiger partial charge in [-0.25, -0.2) is 4.98 Å². The van der Waals surface area contributed by atoms with Crippen molar-refractivity contribution >= 4 is 22.6 Å². The van der Waals surface area contributed by atoms with E-state index >= 15 is 0 Å². The van der Waals surface area contributed by atoms with Gasteiger partial charge in [0.2, 0.25) is 0 Å². The summed E-state index contributed by atoms with van der Waals surface area (Å²) in [6.45, 7) is 1.06. The van der Waals surface area contributed by atoms with Crippen molar-refractivity contribution in [3.8, 4) is 5.75 Å². The average molecular weight is 354 g/mol. The second-order valence-corrected chi connectivity index (χ2v) is 5.67. The van der Waals surface area contributed by atoms with E-state index in [2.05, 4.69) is 10.3 Å². The molecule has 2 aromatic carbocycles. The molecule has 0 bridgehead atoms. The number of hydrogen-bond acceptors (Lipinski definition) is 5. The number of aryl methyl sites for hydroxylation is 1. The number of nitrogens with zero attached hydrogens (tertiary/aromatic N) is 3. The van der Waals surface area contributed by atoms with E-state index in [0.717, 1.165) is 24.0 Å². The second kappa shape index (κ2) is 8.11. The molecular weight excluding hydrogens is 336 g/mol. The van der Waals surface area contributed by atoms with Crippen molar-refractivity contribution in [2.24, 2.45) is 0 Å². The molecule has 26 heavy (non-hydrogen) atoms. The molecule has 1 N–H and O–H groups in total. The molecule has 0 unspecified atom stereocenters. The van der Waals surface area contributed by atoms with Crippen LogP contribution in [0.15, 0.2) is 54.9 Å². The molecule has 0 saturated carbocycles. The third kappa shape index (κ3) is 4.35. The predicted octanol–water partition coefficient (Wildman–Crippen LogP) is 2.53. The topological polar surface area (TPSA) is 99.3 Å². The fourth-order valence-electron chi connectivity index (χ4n) is 2.55. The Bertz CT molecular complexity index is 922. The summed E-state index contributed by atoms with van der Waals surface area (Å²) < 4.78 is 7.33. The van der Waals surface area contributed by atoms with Gasteiger partial charge in [0, 0.05) is 19.2 Å². The van der Waals surface area contributed by atoms with E-state index in [1.807, 2.05) is 28.8 Å². The molecule has 3 aromatic rings. The minimum absolute atomic E-state index is 0.0736. The highest BCUT2D eigenvalue weighted by molar-refractivity contribution is 5.77. The first-order valence-electron chi connectivity index (χ1n) is 8.17. The van der Waals surface area contributed by atoms with Crippen LogP contribution in [0.3, 0.4) is 0 Å². The number of nitro groups is 1. The number of nitro benzene ring substituents is 1. The van der Waals surface area contributed by atoms with Gasteiger partial charge in [0.15, 0.2) is 6.61 Å². The Labute approximate surface area is 149 Å². The maximum atomic E-state index is 11.8. The van der Waals surface area contributed by atoms with Crippen LogP contribution < -0.4 is 10.1 Å². The molecule has 3 rings (SSSR count). The zero-order valence-electron chi connectivity index (χ0n) is 14.0. The van der Waals surface area contributed by atoms with Crippen LogP contribution in [0.1, 0.15) is 6.42 Å². The van der Waals surface area contributed by atoms with E-state index in [0.29, 0.717) is 12.3 Å². The van der Waals surface area contributed by atoms with Crippen LogP contribution in [0.2, 0.25) is 0 Å². The third-order valence-corrected chi connectivity index (χ3v) is 3.82. The van der Waals surface area contributed by atoms with Crippen LogP contribution in [0.5, 0.6) is 5.75 Å². The average Bonchev–Trinajstić information content (AvgIpc) is 3.07. The summed E-state index contributed by atoms with van der Waals surface area (Å²) in [5.74, 6) is 0.0197. The zero-order chi connectivity index (χ0) is 18.4. The molecule has 0 saturated heterocycles. The molecule has 8 heteroatoms. The van der Waals surface area contributed by atoms with Gasteiger partial charge in [-0.2, -0.15) is 0 Å². The number of non-ortho nitro benzene ring substituents is 1. The van der Waals surface area contributed by atoms with Crippen LogP contribution in [-0.4, -0.2) is 33.5 Å². The number of rotatable bonds is 8. The molecule has 0 spiro atoms. The van der Waals surface area contributed by atoms with Gasteiger partial charge >= 0.3 is 0 Å². The number of amides is 1. The monoisotopic (exact) mass is 354 g/mol. The number of benzene rings is 2. The highest BCUT2D eigenvalue weighted by atomic mass is 16.6. The van der Waals surface area contributed by atoms with E-state index in [-0.39, 0.29) is 18.2 Å². The van der Waals surface area contributed by atoms with Gasteiger partial charge in [0.25, 0.3) is 11.6 Å². The SMILES string of the molecule is O=C(COc1cccc([N+](=O)[O-])c1)NCCCn1cnc2ccccc21. The quantitative estimate of drug-likeness (QED) is 0.381. The van der Waals surface area contributed by atoms with Crippen molar-refractivity contribution in [3.05, 3.63) is 65.0 Å². The summed E-state index contributed by atoms with van der Waals surface area (Å²) >= 11 is 0. The van der Waals surface area contributed by atoms with Crippen LogP contribution in [-0.2, 0) is 11.3 Å². The van der Waals surface area contributed by atoms with Gasteiger partial charge < -0.3 is 14.6 Å². The van der Waals surface area contributed by atoms with Crippen molar-refractivity contribution < 1.29 is 14.5 Å². The van der Waals surface area contributed by atoms with Gasteiger partial charge in [0.1, 0.15) is 5.75 Å². The zero-order valence-corrected chi connectivity index (χ0v) is 14.0. The fourth-order valence-corrected chi connectivity index (χ4v) is 2.55.